The Labute approximate surface area is 63.5 Å². The van der Waals surface area contributed by atoms with Crippen LogP contribution in [0.2, 0.25) is 0 Å². The SMILES string of the molecule is O=C=C1CC=Cc2[nH]cnc21. The molecule has 2 rings (SSSR count). The molecule has 3 heteroatoms. The molecule has 1 aromatic rings. The summed E-state index contributed by atoms with van der Waals surface area (Å²) in [6.07, 6.45) is 6.06. The third-order valence-electron chi connectivity index (χ3n) is 1.68. The molecular weight excluding hydrogens is 140 g/mol. The number of hydrogen-bond acceptors (Lipinski definition) is 2. The number of aromatic amines is 1. The number of fused-ring (bicyclic) bond motifs is 1. The lowest BCUT2D eigenvalue weighted by Crippen LogP contribution is -1.92. The molecule has 54 valence electrons. The molecular formula is C8H6N2O. The van der Waals surface area contributed by atoms with E-state index in [0.29, 0.717) is 12.0 Å². The summed E-state index contributed by atoms with van der Waals surface area (Å²) in [5.74, 6) is 1.88. The number of carbonyl (C=O) groups excluding carboxylic acids is 1. The monoisotopic (exact) mass is 146 g/mol. The van der Waals surface area contributed by atoms with Crippen molar-refractivity contribution >= 4 is 17.6 Å². The summed E-state index contributed by atoms with van der Waals surface area (Å²) in [6.45, 7) is 0. The summed E-state index contributed by atoms with van der Waals surface area (Å²) in [5, 5.41) is 0. The number of nitrogens with zero attached hydrogens (tertiary/aromatic N) is 1. The van der Waals surface area contributed by atoms with E-state index in [4.69, 9.17) is 0 Å². The Morgan fingerprint density at radius 2 is 2.55 bits per heavy atom. The minimum atomic E-state index is 0.628. The van der Waals surface area contributed by atoms with Crippen LogP contribution < -0.4 is 0 Å². The number of allylic oxidation sites excluding steroid dienone is 2. The van der Waals surface area contributed by atoms with Gasteiger partial charge in [-0.1, -0.05) is 6.08 Å². The first kappa shape index (κ1) is 6.13. The number of nitrogens with one attached hydrogen (secondary N) is 1. The summed E-state index contributed by atoms with van der Waals surface area (Å²) in [5.41, 5.74) is 2.26. The molecule has 1 heterocycles. The number of H-pyrrole nitrogens is 1. The Morgan fingerprint density at radius 3 is 3.36 bits per heavy atom. The van der Waals surface area contributed by atoms with Gasteiger partial charge >= 0.3 is 0 Å². The second-order valence-electron chi connectivity index (χ2n) is 2.35. The minimum Gasteiger partial charge on any atom is -0.345 e. The number of rotatable bonds is 0. The molecule has 0 fully saturated rings. The molecule has 3 nitrogen and oxygen atoms in total. The zero-order valence-corrected chi connectivity index (χ0v) is 5.79. The fraction of sp³-hybridized carbons (Fsp3) is 0.125. The van der Waals surface area contributed by atoms with Crippen LogP contribution in [0.3, 0.4) is 0 Å². The largest absolute Gasteiger partial charge is 0.345 e. The van der Waals surface area contributed by atoms with Crippen LogP contribution in [0.1, 0.15) is 17.8 Å². The van der Waals surface area contributed by atoms with Crippen molar-refractivity contribution in [1.29, 1.82) is 0 Å². The maximum Gasteiger partial charge on any atom is 0.130 e. The summed E-state index contributed by atoms with van der Waals surface area (Å²) in [6, 6.07) is 0. The van der Waals surface area contributed by atoms with Crippen molar-refractivity contribution in [2.24, 2.45) is 0 Å². The fourth-order valence-corrected chi connectivity index (χ4v) is 1.15. The zero-order chi connectivity index (χ0) is 7.68. The van der Waals surface area contributed by atoms with Gasteiger partial charge in [0.15, 0.2) is 0 Å². The van der Waals surface area contributed by atoms with Crippen molar-refractivity contribution in [2.75, 3.05) is 0 Å². The van der Waals surface area contributed by atoms with Gasteiger partial charge in [-0.15, -0.1) is 0 Å². The second kappa shape index (κ2) is 2.22. The van der Waals surface area contributed by atoms with Crippen molar-refractivity contribution in [1.82, 2.24) is 9.97 Å². The molecule has 0 aliphatic heterocycles. The highest BCUT2D eigenvalue weighted by Crippen LogP contribution is 2.22. The zero-order valence-electron chi connectivity index (χ0n) is 5.79. The van der Waals surface area contributed by atoms with Gasteiger partial charge in [0.25, 0.3) is 0 Å². The van der Waals surface area contributed by atoms with Gasteiger partial charge in [-0.05, 0) is 6.08 Å². The molecule has 0 amide bonds. The van der Waals surface area contributed by atoms with Crippen LogP contribution in [-0.4, -0.2) is 15.9 Å². The van der Waals surface area contributed by atoms with Crippen LogP contribution in [0.5, 0.6) is 0 Å². The Kier molecular flexibility index (Phi) is 1.24. The third-order valence-corrected chi connectivity index (χ3v) is 1.68. The van der Waals surface area contributed by atoms with Gasteiger partial charge in [-0.3, -0.25) is 0 Å². The van der Waals surface area contributed by atoms with Crippen LogP contribution in [0.4, 0.5) is 0 Å². The highest BCUT2D eigenvalue weighted by Gasteiger charge is 2.12. The summed E-state index contributed by atoms with van der Waals surface area (Å²) < 4.78 is 0. The van der Waals surface area contributed by atoms with E-state index in [2.05, 4.69) is 9.97 Å². The summed E-state index contributed by atoms with van der Waals surface area (Å²) in [7, 11) is 0. The fourth-order valence-electron chi connectivity index (χ4n) is 1.15. The quantitative estimate of drug-likeness (QED) is 0.556. The van der Waals surface area contributed by atoms with Crippen molar-refractivity contribution in [3.05, 3.63) is 23.8 Å². The van der Waals surface area contributed by atoms with E-state index in [1.165, 1.54) is 0 Å². The standard InChI is InChI=1S/C8H6N2O/c11-4-6-2-1-3-7-8(6)10-5-9-7/h1,3,5H,2H2,(H,9,10). The highest BCUT2D eigenvalue weighted by atomic mass is 16.1. The molecule has 0 spiro atoms. The van der Waals surface area contributed by atoms with Crippen LogP contribution >= 0.6 is 0 Å². The Hall–Kier alpha value is -1.60. The van der Waals surface area contributed by atoms with Gasteiger partial charge in [0, 0.05) is 6.42 Å². The molecule has 0 saturated heterocycles. The second-order valence-corrected chi connectivity index (χ2v) is 2.35. The van der Waals surface area contributed by atoms with Crippen molar-refractivity contribution in [2.45, 2.75) is 6.42 Å². The molecule has 0 atom stereocenters. The molecule has 0 radical (unpaired) electrons. The van der Waals surface area contributed by atoms with E-state index in [9.17, 15) is 4.79 Å². The number of hydrogen-bond donors (Lipinski definition) is 1. The minimum absolute atomic E-state index is 0.628. The van der Waals surface area contributed by atoms with Crippen LogP contribution in [0, 0.1) is 0 Å². The lowest BCUT2D eigenvalue weighted by molar-refractivity contribution is 0.569. The van der Waals surface area contributed by atoms with Crippen LogP contribution in [0.25, 0.3) is 11.6 Å². The van der Waals surface area contributed by atoms with Crippen molar-refractivity contribution < 1.29 is 4.79 Å². The molecule has 0 unspecified atom stereocenters. The number of aromatic nitrogens is 2. The Morgan fingerprint density at radius 1 is 1.64 bits per heavy atom. The van der Waals surface area contributed by atoms with E-state index >= 15 is 0 Å². The Balaban J connectivity index is 2.66. The first-order valence-electron chi connectivity index (χ1n) is 3.36. The normalized spacial score (nSPS) is 14.4. The first-order valence-corrected chi connectivity index (χ1v) is 3.36. The van der Waals surface area contributed by atoms with Gasteiger partial charge < -0.3 is 4.98 Å². The molecule has 1 N–H and O–H groups in total. The lowest BCUT2D eigenvalue weighted by Gasteiger charge is -2.02. The lowest BCUT2D eigenvalue weighted by atomic mass is 10.0. The molecule has 1 aliphatic carbocycles. The van der Waals surface area contributed by atoms with Crippen molar-refractivity contribution in [3.63, 3.8) is 0 Å². The van der Waals surface area contributed by atoms with Crippen molar-refractivity contribution in [3.8, 4) is 0 Å². The smallest absolute Gasteiger partial charge is 0.130 e. The molecule has 0 saturated carbocycles. The van der Waals surface area contributed by atoms with E-state index < -0.39 is 0 Å². The average Bonchev–Trinajstić information content (AvgIpc) is 2.50. The van der Waals surface area contributed by atoms with E-state index in [-0.39, 0.29) is 0 Å². The van der Waals surface area contributed by atoms with Gasteiger partial charge in [0.05, 0.1) is 17.6 Å². The molecule has 0 aromatic carbocycles. The van der Waals surface area contributed by atoms with E-state index in [1.54, 1.807) is 6.33 Å². The Bertz CT molecular complexity index is 356. The summed E-state index contributed by atoms with van der Waals surface area (Å²) >= 11 is 0. The van der Waals surface area contributed by atoms with Gasteiger partial charge in [0.2, 0.25) is 0 Å². The molecule has 1 aliphatic rings. The van der Waals surface area contributed by atoms with Crippen LogP contribution in [0.15, 0.2) is 12.4 Å². The number of imidazole rings is 1. The van der Waals surface area contributed by atoms with Crippen LogP contribution in [-0.2, 0) is 4.79 Å². The molecule has 1 aromatic heterocycles. The van der Waals surface area contributed by atoms with Gasteiger partial charge in [0.1, 0.15) is 11.6 Å². The average molecular weight is 146 g/mol. The molecule has 0 bridgehead atoms. The third kappa shape index (κ3) is 0.827. The predicted molar refractivity (Wildman–Crippen MR) is 41.3 cm³/mol. The maximum absolute atomic E-state index is 10.4. The predicted octanol–water partition coefficient (Wildman–Crippen LogP) is 1.04. The first-order chi connectivity index (χ1) is 5.42. The summed E-state index contributed by atoms with van der Waals surface area (Å²) in [4.78, 5) is 17.3. The highest BCUT2D eigenvalue weighted by molar-refractivity contribution is 5.91. The molecule has 11 heavy (non-hydrogen) atoms. The van der Waals surface area contributed by atoms with E-state index in [0.717, 1.165) is 11.4 Å². The topological polar surface area (TPSA) is 45.8 Å². The van der Waals surface area contributed by atoms with Gasteiger partial charge in [-0.25, -0.2) is 9.78 Å². The van der Waals surface area contributed by atoms with Gasteiger partial charge in [-0.2, -0.15) is 0 Å². The maximum atomic E-state index is 10.4. The van der Waals surface area contributed by atoms with E-state index in [1.807, 2.05) is 18.1 Å².